The van der Waals surface area contributed by atoms with E-state index in [1.54, 1.807) is 17.3 Å². The number of likely N-dealkylation sites (tertiary alicyclic amines) is 1. The van der Waals surface area contributed by atoms with Crippen LogP contribution in [0.3, 0.4) is 0 Å². The molecule has 3 saturated heterocycles. The Balaban J connectivity index is 0.889. The van der Waals surface area contributed by atoms with Crippen molar-refractivity contribution in [1.82, 2.24) is 40.4 Å². The van der Waals surface area contributed by atoms with Gasteiger partial charge in [-0.1, -0.05) is 44.2 Å². The Morgan fingerprint density at radius 3 is 2.03 bits per heavy atom. The standard InChI is InChI=1S/C46H48N8O8/c1-23-12-34(53(20-23)43(55)40(52-46(58)60-4)25-8-6-5-7-9-25)42-48-19-32(50-42)27-15-29-22-61-35-16-26(14-28-21-62-36(17-27)38(29)37(28)35)31-18-47-41(49-31)33-11-10-30-13-24(2)39(44(56)54(30)33)51-45(57)59-3/h5-9,14-19,23-24,30,33-34,39-40H,10-13,20-22H2,1-4H3,(H,47,49)(H,48,50)(H,51,57)(H,52,58)/t23-,24?,30+,33-,34-,39-,40+/m0/s1. The van der Waals surface area contributed by atoms with E-state index in [9.17, 15) is 19.2 Å². The van der Waals surface area contributed by atoms with Gasteiger partial charge in [0.2, 0.25) is 5.91 Å². The Hall–Kier alpha value is -6.84. The highest BCUT2D eigenvalue weighted by Crippen LogP contribution is 2.51. The minimum absolute atomic E-state index is 0.00577. The van der Waals surface area contributed by atoms with Gasteiger partial charge in [0, 0.05) is 46.0 Å². The van der Waals surface area contributed by atoms with E-state index in [-0.39, 0.29) is 41.8 Å². The molecule has 1 unspecified atom stereocenters. The van der Waals surface area contributed by atoms with Crippen LogP contribution in [0, 0.1) is 11.8 Å². The molecule has 0 saturated carbocycles. The molecular formula is C46H48N8O8. The molecule has 5 aliphatic rings. The summed E-state index contributed by atoms with van der Waals surface area (Å²) < 4.78 is 22.6. The number of fused-ring (bicyclic) bond motifs is 1. The third-order valence-corrected chi connectivity index (χ3v) is 13.1. The van der Waals surface area contributed by atoms with Gasteiger partial charge in [-0.2, -0.15) is 0 Å². The fourth-order valence-corrected chi connectivity index (χ4v) is 10.2. The van der Waals surface area contributed by atoms with E-state index < -0.39 is 24.3 Å². The minimum Gasteiger partial charge on any atom is -0.488 e. The number of carbonyl (C=O) groups is 4. The maximum absolute atomic E-state index is 14.2. The number of nitrogens with one attached hydrogen (secondary N) is 4. The number of nitrogens with zero attached hydrogens (tertiary/aromatic N) is 4. The Kier molecular flexibility index (Phi) is 9.87. The van der Waals surface area contributed by atoms with E-state index in [1.165, 1.54) is 14.2 Å². The zero-order valence-corrected chi connectivity index (χ0v) is 34.9. The molecule has 5 aliphatic heterocycles. The normalized spacial score (nSPS) is 23.7. The van der Waals surface area contributed by atoms with E-state index >= 15 is 0 Å². The monoisotopic (exact) mass is 840 g/mol. The summed E-state index contributed by atoms with van der Waals surface area (Å²) in [7, 11) is 2.58. The number of ether oxygens (including phenoxy) is 4. The molecule has 0 spiro atoms. The first kappa shape index (κ1) is 39.3. The third kappa shape index (κ3) is 6.77. The molecular weight excluding hydrogens is 793 g/mol. The van der Waals surface area contributed by atoms with Gasteiger partial charge in [0.1, 0.15) is 48.4 Å². The second kappa shape index (κ2) is 15.6. The van der Waals surface area contributed by atoms with Crippen LogP contribution in [0.2, 0.25) is 0 Å². The van der Waals surface area contributed by atoms with Crippen LogP contribution in [0.25, 0.3) is 33.6 Å². The zero-order chi connectivity index (χ0) is 42.8. The lowest BCUT2D eigenvalue weighted by Crippen LogP contribution is -2.58. The van der Waals surface area contributed by atoms with Crippen LogP contribution in [0.15, 0.2) is 67.0 Å². The summed E-state index contributed by atoms with van der Waals surface area (Å²) in [5.41, 5.74) is 8.03. The molecule has 3 aromatic carbocycles. The summed E-state index contributed by atoms with van der Waals surface area (Å²) in [5, 5.41) is 5.48. The third-order valence-electron chi connectivity index (χ3n) is 13.1. The number of alkyl carbamates (subject to hydrolysis) is 2. The van der Waals surface area contributed by atoms with E-state index in [0.29, 0.717) is 43.4 Å². The van der Waals surface area contributed by atoms with E-state index in [2.05, 4.69) is 39.7 Å². The average Bonchev–Trinajstić information content (AvgIpc) is 4.12. The smallest absolute Gasteiger partial charge is 0.407 e. The van der Waals surface area contributed by atoms with Crippen LogP contribution < -0.4 is 20.1 Å². The number of benzene rings is 3. The van der Waals surface area contributed by atoms with Crippen molar-refractivity contribution in [2.75, 3.05) is 20.8 Å². The van der Waals surface area contributed by atoms with Gasteiger partial charge in [0.05, 0.1) is 50.1 Å². The first-order chi connectivity index (χ1) is 30.1. The topological polar surface area (TPSA) is 193 Å². The first-order valence-electron chi connectivity index (χ1n) is 21.1. The fraction of sp³-hybridized carbons (Fsp3) is 0.391. The number of aromatic nitrogens is 4. The highest BCUT2D eigenvalue weighted by atomic mass is 16.5. The highest BCUT2D eigenvalue weighted by Gasteiger charge is 2.48. The molecule has 10 rings (SSSR count). The van der Waals surface area contributed by atoms with Crippen LogP contribution in [-0.2, 0) is 32.3 Å². The van der Waals surface area contributed by atoms with Crippen molar-refractivity contribution in [3.05, 3.63) is 95.3 Å². The summed E-state index contributed by atoms with van der Waals surface area (Å²) >= 11 is 0. The second-order valence-corrected chi connectivity index (χ2v) is 17.1. The van der Waals surface area contributed by atoms with Gasteiger partial charge in [-0.3, -0.25) is 9.59 Å². The molecule has 0 aliphatic carbocycles. The van der Waals surface area contributed by atoms with Crippen LogP contribution >= 0.6 is 0 Å². The van der Waals surface area contributed by atoms with Gasteiger partial charge in [-0.25, -0.2) is 19.6 Å². The van der Waals surface area contributed by atoms with Crippen molar-refractivity contribution < 1.29 is 38.1 Å². The van der Waals surface area contributed by atoms with Crippen molar-refractivity contribution in [2.45, 2.75) is 83.0 Å². The summed E-state index contributed by atoms with van der Waals surface area (Å²) in [4.78, 5) is 72.6. The van der Waals surface area contributed by atoms with Gasteiger partial charge in [0.25, 0.3) is 5.91 Å². The Morgan fingerprint density at radius 2 is 1.42 bits per heavy atom. The number of carbonyl (C=O) groups excluding carboxylic acids is 4. The molecule has 4 amide bonds. The van der Waals surface area contributed by atoms with Gasteiger partial charge < -0.3 is 49.3 Å². The molecule has 0 bridgehead atoms. The molecule has 16 heteroatoms. The quantitative estimate of drug-likeness (QED) is 0.130. The van der Waals surface area contributed by atoms with Gasteiger partial charge >= 0.3 is 12.2 Å². The molecule has 320 valence electrons. The average molecular weight is 841 g/mol. The molecule has 16 nitrogen and oxygen atoms in total. The van der Waals surface area contributed by atoms with Crippen molar-refractivity contribution in [3.8, 4) is 45.1 Å². The molecule has 0 radical (unpaired) electrons. The molecule has 2 aromatic heterocycles. The predicted molar refractivity (Wildman–Crippen MR) is 224 cm³/mol. The molecule has 4 N–H and O–H groups in total. The molecule has 7 heterocycles. The summed E-state index contributed by atoms with van der Waals surface area (Å²) in [6, 6.07) is 15.4. The lowest BCUT2D eigenvalue weighted by Gasteiger charge is -2.41. The SMILES string of the molecule is COC(=O)N[C@@H]1C(=O)N2[C@H](CC[C@H]2c2ncc(-c3cc4c5c(c3)OCc3cc(-c6cnc([C@@H]7C[C@H](C)CN7C(=O)[C@H](NC(=O)OC)c7ccccc7)[nH]6)cc(c3-5)OC4)[nH]2)CC1C. The Morgan fingerprint density at radius 1 is 0.806 bits per heavy atom. The lowest BCUT2D eigenvalue weighted by atomic mass is 9.87. The van der Waals surface area contributed by atoms with Crippen LogP contribution in [0.4, 0.5) is 9.59 Å². The molecule has 7 atom stereocenters. The maximum atomic E-state index is 14.2. The van der Waals surface area contributed by atoms with Crippen molar-refractivity contribution in [1.29, 1.82) is 0 Å². The molecule has 5 aromatic rings. The number of hydrogen-bond donors (Lipinski definition) is 4. The largest absolute Gasteiger partial charge is 0.488 e. The van der Waals surface area contributed by atoms with Gasteiger partial charge in [0.15, 0.2) is 0 Å². The van der Waals surface area contributed by atoms with Crippen LogP contribution in [-0.4, -0.2) is 86.6 Å². The van der Waals surface area contributed by atoms with E-state index in [4.69, 9.17) is 28.9 Å². The fourth-order valence-electron chi connectivity index (χ4n) is 10.2. The molecule has 3 fully saturated rings. The maximum Gasteiger partial charge on any atom is 0.407 e. The number of methoxy groups -OCH3 is 2. The van der Waals surface area contributed by atoms with E-state index in [0.717, 1.165) is 75.5 Å². The van der Waals surface area contributed by atoms with Gasteiger partial charge in [-0.05, 0) is 67.3 Å². The number of imidazole rings is 2. The van der Waals surface area contributed by atoms with Crippen molar-refractivity contribution in [2.24, 2.45) is 11.8 Å². The summed E-state index contributed by atoms with van der Waals surface area (Å²) in [6.07, 6.45) is 5.44. The molecule has 62 heavy (non-hydrogen) atoms. The van der Waals surface area contributed by atoms with Crippen molar-refractivity contribution in [3.63, 3.8) is 0 Å². The highest BCUT2D eigenvalue weighted by molar-refractivity contribution is 5.90. The first-order valence-corrected chi connectivity index (χ1v) is 21.1. The second-order valence-electron chi connectivity index (χ2n) is 17.1. The van der Waals surface area contributed by atoms with Gasteiger partial charge in [-0.15, -0.1) is 0 Å². The number of amides is 4. The Labute approximate surface area is 357 Å². The number of H-pyrrole nitrogens is 2. The number of aromatic amines is 2. The van der Waals surface area contributed by atoms with Crippen LogP contribution in [0.1, 0.15) is 86.0 Å². The van der Waals surface area contributed by atoms with Crippen LogP contribution in [0.5, 0.6) is 11.5 Å². The zero-order valence-electron chi connectivity index (χ0n) is 34.9. The Bertz CT molecular complexity index is 2540. The summed E-state index contributed by atoms with van der Waals surface area (Å²) in [5.74, 6) is 2.75. The lowest BCUT2D eigenvalue weighted by molar-refractivity contribution is -0.142. The summed E-state index contributed by atoms with van der Waals surface area (Å²) in [6.45, 7) is 5.29. The predicted octanol–water partition coefficient (Wildman–Crippen LogP) is 6.72. The van der Waals surface area contributed by atoms with E-state index in [1.807, 2.05) is 54.3 Å². The minimum atomic E-state index is -0.916. The number of piperidine rings is 1. The van der Waals surface area contributed by atoms with Crippen molar-refractivity contribution >= 4 is 24.0 Å². The number of hydrogen-bond acceptors (Lipinski definition) is 10. The number of rotatable bonds is 8.